The van der Waals surface area contributed by atoms with Crippen LogP contribution in [0.15, 0.2) is 28.9 Å². The molecule has 0 aliphatic carbocycles. The van der Waals surface area contributed by atoms with Gasteiger partial charge in [-0.05, 0) is 29.2 Å². The highest BCUT2D eigenvalue weighted by atomic mass is 79.9. The molecule has 0 saturated carbocycles. The van der Waals surface area contributed by atoms with Gasteiger partial charge in [0.05, 0.1) is 6.20 Å². The third-order valence-electron chi connectivity index (χ3n) is 2.00. The standard InChI is InChI=1S/C10H6BrFN2OS/c11-8-4-7(12)2-1-6(8)3-9(15)10-5-13-14-16-10/h1-2,4-5H,3H2. The highest BCUT2D eigenvalue weighted by Gasteiger charge is 2.11. The number of halogens is 2. The van der Waals surface area contributed by atoms with Crippen LogP contribution < -0.4 is 0 Å². The number of aromatic nitrogens is 2. The first-order valence-corrected chi connectivity index (χ1v) is 5.98. The summed E-state index contributed by atoms with van der Waals surface area (Å²) >= 11 is 4.28. The fourth-order valence-electron chi connectivity index (χ4n) is 1.22. The second-order valence-electron chi connectivity index (χ2n) is 3.12. The van der Waals surface area contributed by atoms with Gasteiger partial charge in [0.15, 0.2) is 5.78 Å². The molecular formula is C10H6BrFN2OS. The summed E-state index contributed by atoms with van der Waals surface area (Å²) in [5.74, 6) is -0.398. The number of ketones is 1. The lowest BCUT2D eigenvalue weighted by Crippen LogP contribution is -2.02. The van der Waals surface area contributed by atoms with Gasteiger partial charge in [-0.3, -0.25) is 4.79 Å². The van der Waals surface area contributed by atoms with Gasteiger partial charge >= 0.3 is 0 Å². The second-order valence-corrected chi connectivity index (χ2v) is 4.76. The molecule has 2 rings (SSSR count). The molecular weight excluding hydrogens is 295 g/mol. The molecule has 1 aromatic heterocycles. The molecule has 16 heavy (non-hydrogen) atoms. The smallest absolute Gasteiger partial charge is 0.180 e. The Morgan fingerprint density at radius 3 is 2.94 bits per heavy atom. The fourth-order valence-corrected chi connectivity index (χ4v) is 2.16. The Kier molecular flexibility index (Phi) is 3.40. The number of Topliss-reactive ketones (excluding diaryl/α,β-unsaturated/α-hetero) is 1. The summed E-state index contributed by atoms with van der Waals surface area (Å²) in [7, 11) is 0. The molecule has 0 unspecified atom stereocenters. The van der Waals surface area contributed by atoms with E-state index in [-0.39, 0.29) is 18.0 Å². The van der Waals surface area contributed by atoms with Crippen LogP contribution in [0.1, 0.15) is 15.2 Å². The monoisotopic (exact) mass is 300 g/mol. The highest BCUT2D eigenvalue weighted by molar-refractivity contribution is 9.10. The molecule has 1 heterocycles. The van der Waals surface area contributed by atoms with E-state index in [0.717, 1.165) is 17.1 Å². The van der Waals surface area contributed by atoms with Crippen molar-refractivity contribution < 1.29 is 9.18 Å². The van der Waals surface area contributed by atoms with Crippen LogP contribution in [0.3, 0.4) is 0 Å². The summed E-state index contributed by atoms with van der Waals surface area (Å²) in [5.41, 5.74) is 0.750. The summed E-state index contributed by atoms with van der Waals surface area (Å²) in [6, 6.07) is 4.26. The molecule has 0 bridgehead atoms. The molecule has 1 aromatic carbocycles. The third-order valence-corrected chi connectivity index (χ3v) is 3.45. The minimum atomic E-state index is -0.331. The van der Waals surface area contributed by atoms with E-state index in [1.165, 1.54) is 18.3 Å². The first-order chi connectivity index (χ1) is 7.66. The summed E-state index contributed by atoms with van der Waals surface area (Å²) in [6.07, 6.45) is 1.65. The molecule has 0 N–H and O–H groups in total. The van der Waals surface area contributed by atoms with Crippen molar-refractivity contribution in [3.05, 3.63) is 45.1 Å². The summed E-state index contributed by atoms with van der Waals surface area (Å²) in [4.78, 5) is 12.2. The van der Waals surface area contributed by atoms with Crippen LogP contribution in [-0.4, -0.2) is 15.4 Å². The maximum absolute atomic E-state index is 12.8. The molecule has 0 fully saturated rings. The molecule has 0 atom stereocenters. The maximum atomic E-state index is 12.8. The van der Waals surface area contributed by atoms with Crippen molar-refractivity contribution in [2.75, 3.05) is 0 Å². The van der Waals surface area contributed by atoms with Crippen LogP contribution in [0.2, 0.25) is 0 Å². The van der Waals surface area contributed by atoms with Gasteiger partial charge in [-0.25, -0.2) is 4.39 Å². The summed E-state index contributed by atoms with van der Waals surface area (Å²) in [6.45, 7) is 0. The lowest BCUT2D eigenvalue weighted by Gasteiger charge is -2.02. The van der Waals surface area contributed by atoms with Gasteiger partial charge in [0.25, 0.3) is 0 Å². The number of nitrogens with zero attached hydrogens (tertiary/aromatic N) is 2. The highest BCUT2D eigenvalue weighted by Crippen LogP contribution is 2.20. The molecule has 6 heteroatoms. The number of rotatable bonds is 3. The van der Waals surface area contributed by atoms with Crippen LogP contribution in [0, 0.1) is 5.82 Å². The van der Waals surface area contributed by atoms with Crippen LogP contribution in [0.4, 0.5) is 4.39 Å². The van der Waals surface area contributed by atoms with Gasteiger partial charge < -0.3 is 0 Å². The van der Waals surface area contributed by atoms with E-state index in [1.807, 2.05) is 0 Å². The number of carbonyl (C=O) groups is 1. The number of benzene rings is 1. The van der Waals surface area contributed by atoms with Crippen molar-refractivity contribution in [3.63, 3.8) is 0 Å². The zero-order valence-electron chi connectivity index (χ0n) is 7.98. The van der Waals surface area contributed by atoms with Crippen LogP contribution in [0.25, 0.3) is 0 Å². The zero-order valence-corrected chi connectivity index (χ0v) is 10.4. The minimum Gasteiger partial charge on any atom is -0.293 e. The Labute approximate surface area is 104 Å². The van der Waals surface area contributed by atoms with E-state index < -0.39 is 0 Å². The average molecular weight is 301 g/mol. The molecule has 0 saturated heterocycles. The predicted molar refractivity (Wildman–Crippen MR) is 62.0 cm³/mol. The zero-order chi connectivity index (χ0) is 11.5. The van der Waals surface area contributed by atoms with Gasteiger partial charge in [0.2, 0.25) is 0 Å². The van der Waals surface area contributed by atoms with Gasteiger partial charge in [-0.2, -0.15) is 0 Å². The first kappa shape index (κ1) is 11.3. The van der Waals surface area contributed by atoms with E-state index in [4.69, 9.17) is 0 Å². The van der Waals surface area contributed by atoms with Gasteiger partial charge in [-0.1, -0.05) is 26.5 Å². The van der Waals surface area contributed by atoms with Crippen molar-refractivity contribution in [1.82, 2.24) is 9.59 Å². The molecule has 2 aromatic rings. The molecule has 3 nitrogen and oxygen atoms in total. The largest absolute Gasteiger partial charge is 0.293 e. The molecule has 0 radical (unpaired) electrons. The van der Waals surface area contributed by atoms with Crippen LogP contribution >= 0.6 is 27.5 Å². The molecule has 82 valence electrons. The van der Waals surface area contributed by atoms with Crippen molar-refractivity contribution in [1.29, 1.82) is 0 Å². The van der Waals surface area contributed by atoms with Crippen LogP contribution in [-0.2, 0) is 6.42 Å². The Morgan fingerprint density at radius 2 is 2.31 bits per heavy atom. The first-order valence-electron chi connectivity index (χ1n) is 4.41. The van der Waals surface area contributed by atoms with Crippen molar-refractivity contribution in [2.45, 2.75) is 6.42 Å². The van der Waals surface area contributed by atoms with Gasteiger partial charge in [-0.15, -0.1) is 5.10 Å². The lowest BCUT2D eigenvalue weighted by molar-refractivity contribution is 0.0996. The molecule has 0 spiro atoms. The van der Waals surface area contributed by atoms with E-state index in [1.54, 1.807) is 6.07 Å². The normalized spacial score (nSPS) is 10.4. The second kappa shape index (κ2) is 4.80. The Balaban J connectivity index is 2.18. The van der Waals surface area contributed by atoms with Crippen molar-refractivity contribution in [2.24, 2.45) is 0 Å². The number of hydrogen-bond donors (Lipinski definition) is 0. The Morgan fingerprint density at radius 1 is 1.50 bits per heavy atom. The average Bonchev–Trinajstić information content (AvgIpc) is 2.75. The Hall–Kier alpha value is -1.14. The lowest BCUT2D eigenvalue weighted by atomic mass is 10.1. The van der Waals surface area contributed by atoms with E-state index in [2.05, 4.69) is 25.5 Å². The Bertz CT molecular complexity index is 516. The van der Waals surface area contributed by atoms with E-state index in [9.17, 15) is 9.18 Å². The van der Waals surface area contributed by atoms with Gasteiger partial charge in [0, 0.05) is 10.9 Å². The predicted octanol–water partition coefficient (Wildman–Crippen LogP) is 2.87. The number of carbonyl (C=O) groups excluding carboxylic acids is 1. The van der Waals surface area contributed by atoms with E-state index >= 15 is 0 Å². The van der Waals surface area contributed by atoms with Crippen molar-refractivity contribution in [3.8, 4) is 0 Å². The third kappa shape index (κ3) is 2.51. The number of hydrogen-bond acceptors (Lipinski definition) is 4. The molecule has 0 aliphatic rings. The quantitative estimate of drug-likeness (QED) is 0.819. The van der Waals surface area contributed by atoms with Crippen LogP contribution in [0.5, 0.6) is 0 Å². The SMILES string of the molecule is O=C(Cc1ccc(F)cc1Br)c1cnns1. The fraction of sp³-hybridized carbons (Fsp3) is 0.100. The minimum absolute atomic E-state index is 0.0673. The summed E-state index contributed by atoms with van der Waals surface area (Å²) in [5, 5.41) is 3.60. The molecule has 0 amide bonds. The summed E-state index contributed by atoms with van der Waals surface area (Å²) < 4.78 is 17.0. The van der Waals surface area contributed by atoms with Crippen molar-refractivity contribution >= 4 is 33.2 Å². The molecule has 0 aliphatic heterocycles. The van der Waals surface area contributed by atoms with Gasteiger partial charge in [0.1, 0.15) is 10.7 Å². The topological polar surface area (TPSA) is 42.9 Å². The maximum Gasteiger partial charge on any atom is 0.180 e. The van der Waals surface area contributed by atoms with E-state index in [0.29, 0.717) is 9.35 Å².